The number of fused-ring (bicyclic) bond motifs is 1. The molecule has 0 heterocycles. The van der Waals surface area contributed by atoms with Crippen molar-refractivity contribution >= 4 is 5.91 Å². The van der Waals surface area contributed by atoms with Crippen LogP contribution in [0.5, 0.6) is 0 Å². The quantitative estimate of drug-likeness (QED) is 0.909. The molecule has 0 aromatic heterocycles. The molecular formula is C23H27NO2. The first-order chi connectivity index (χ1) is 12.6. The Hall–Kier alpha value is -2.13. The standard InChI is InChI=1S/C23H27NO2/c1-24(21-12-19-14-22(25)15-20(19)13-21)23(26)11-16-7-9-18(10-8-16)17-5-3-2-4-6-17/h2-10,19-22,25H,11-15H2,1H3/t19-,20+,21?,22?. The van der Waals surface area contributed by atoms with Gasteiger partial charge in [-0.2, -0.15) is 0 Å². The predicted molar refractivity (Wildman–Crippen MR) is 104 cm³/mol. The second kappa shape index (κ2) is 7.24. The van der Waals surface area contributed by atoms with E-state index >= 15 is 0 Å². The highest BCUT2D eigenvalue weighted by Gasteiger charge is 2.42. The van der Waals surface area contributed by atoms with Gasteiger partial charge >= 0.3 is 0 Å². The average molecular weight is 349 g/mol. The van der Waals surface area contributed by atoms with E-state index in [1.807, 2.05) is 30.1 Å². The number of carbonyl (C=O) groups is 1. The van der Waals surface area contributed by atoms with E-state index in [2.05, 4.69) is 36.4 Å². The molecule has 26 heavy (non-hydrogen) atoms. The Morgan fingerprint density at radius 3 is 2.12 bits per heavy atom. The molecule has 0 radical (unpaired) electrons. The lowest BCUT2D eigenvalue weighted by molar-refractivity contribution is -0.131. The van der Waals surface area contributed by atoms with Crippen LogP contribution in [-0.4, -0.2) is 35.1 Å². The number of aliphatic hydroxyl groups excluding tert-OH is 1. The molecular weight excluding hydrogens is 322 g/mol. The zero-order valence-corrected chi connectivity index (χ0v) is 15.3. The van der Waals surface area contributed by atoms with Crippen LogP contribution in [0.4, 0.5) is 0 Å². The van der Waals surface area contributed by atoms with Gasteiger partial charge in [0.25, 0.3) is 0 Å². The molecule has 3 heteroatoms. The van der Waals surface area contributed by atoms with E-state index < -0.39 is 0 Å². The van der Waals surface area contributed by atoms with E-state index in [9.17, 15) is 9.90 Å². The molecule has 2 fully saturated rings. The molecule has 0 saturated heterocycles. The summed E-state index contributed by atoms with van der Waals surface area (Å²) in [4.78, 5) is 14.7. The number of amides is 1. The van der Waals surface area contributed by atoms with E-state index in [0.717, 1.165) is 31.2 Å². The van der Waals surface area contributed by atoms with Crippen molar-refractivity contribution in [3.8, 4) is 11.1 Å². The molecule has 2 aliphatic rings. The Bertz CT molecular complexity index is 742. The zero-order chi connectivity index (χ0) is 18.1. The van der Waals surface area contributed by atoms with Gasteiger partial charge in [-0.15, -0.1) is 0 Å². The highest BCUT2D eigenvalue weighted by Crippen LogP contribution is 2.45. The Kier molecular flexibility index (Phi) is 4.82. The molecule has 1 amide bonds. The van der Waals surface area contributed by atoms with Gasteiger partial charge < -0.3 is 10.0 Å². The number of hydrogen-bond donors (Lipinski definition) is 1. The Balaban J connectivity index is 1.36. The van der Waals surface area contributed by atoms with Crippen molar-refractivity contribution < 1.29 is 9.90 Å². The summed E-state index contributed by atoms with van der Waals surface area (Å²) in [6.07, 6.45) is 4.29. The molecule has 0 spiro atoms. The Morgan fingerprint density at radius 2 is 1.50 bits per heavy atom. The SMILES string of the molecule is CN(C(=O)Cc1ccc(-c2ccccc2)cc1)C1C[C@H]2CC(O)C[C@H]2C1. The summed E-state index contributed by atoms with van der Waals surface area (Å²) in [6, 6.07) is 19.0. The topological polar surface area (TPSA) is 40.5 Å². The van der Waals surface area contributed by atoms with E-state index in [4.69, 9.17) is 0 Å². The number of likely N-dealkylation sites (N-methyl/N-ethyl adjacent to an activating group) is 1. The molecule has 1 N–H and O–H groups in total. The summed E-state index contributed by atoms with van der Waals surface area (Å²) in [5.74, 6) is 1.41. The highest BCUT2D eigenvalue weighted by atomic mass is 16.3. The third kappa shape index (κ3) is 3.54. The molecule has 0 aliphatic heterocycles. The van der Waals surface area contributed by atoms with Gasteiger partial charge in [-0.3, -0.25) is 4.79 Å². The lowest BCUT2D eigenvalue weighted by Crippen LogP contribution is -2.37. The van der Waals surface area contributed by atoms with Gasteiger partial charge in [-0.25, -0.2) is 0 Å². The van der Waals surface area contributed by atoms with Crippen LogP contribution in [0.25, 0.3) is 11.1 Å². The summed E-state index contributed by atoms with van der Waals surface area (Å²) >= 11 is 0. The minimum Gasteiger partial charge on any atom is -0.393 e. The second-order valence-electron chi connectivity index (χ2n) is 8.01. The van der Waals surface area contributed by atoms with Crippen molar-refractivity contribution in [2.24, 2.45) is 11.8 Å². The summed E-state index contributed by atoms with van der Waals surface area (Å²) in [7, 11) is 1.95. The number of nitrogens with zero attached hydrogens (tertiary/aromatic N) is 1. The molecule has 4 atom stereocenters. The van der Waals surface area contributed by atoms with Crippen LogP contribution in [0.1, 0.15) is 31.2 Å². The number of benzene rings is 2. The van der Waals surface area contributed by atoms with Gasteiger partial charge in [0.05, 0.1) is 12.5 Å². The van der Waals surface area contributed by atoms with Crippen LogP contribution < -0.4 is 0 Å². The molecule has 136 valence electrons. The summed E-state index contributed by atoms with van der Waals surface area (Å²) in [6.45, 7) is 0. The highest BCUT2D eigenvalue weighted by molar-refractivity contribution is 5.79. The van der Waals surface area contributed by atoms with Gasteiger partial charge in [-0.05, 0) is 54.2 Å². The average Bonchev–Trinajstić information content (AvgIpc) is 3.20. The molecule has 0 bridgehead atoms. The lowest BCUT2D eigenvalue weighted by atomic mass is 10.0. The maximum Gasteiger partial charge on any atom is 0.226 e. The van der Waals surface area contributed by atoms with Crippen LogP contribution >= 0.6 is 0 Å². The fourth-order valence-electron chi connectivity index (χ4n) is 4.82. The molecule has 3 nitrogen and oxygen atoms in total. The minimum atomic E-state index is -0.116. The number of carbonyl (C=O) groups excluding carboxylic acids is 1. The van der Waals surface area contributed by atoms with E-state index in [1.165, 1.54) is 11.1 Å². The fourth-order valence-corrected chi connectivity index (χ4v) is 4.82. The second-order valence-corrected chi connectivity index (χ2v) is 8.01. The van der Waals surface area contributed by atoms with Crippen molar-refractivity contribution in [2.45, 2.75) is 44.2 Å². The van der Waals surface area contributed by atoms with Crippen LogP contribution in [-0.2, 0) is 11.2 Å². The third-order valence-electron chi connectivity index (χ3n) is 6.32. The van der Waals surface area contributed by atoms with Crippen LogP contribution in [0.2, 0.25) is 0 Å². The van der Waals surface area contributed by atoms with Crippen molar-refractivity contribution in [1.29, 1.82) is 0 Å². The summed E-state index contributed by atoms with van der Waals surface area (Å²) < 4.78 is 0. The summed E-state index contributed by atoms with van der Waals surface area (Å²) in [5, 5.41) is 9.79. The maximum absolute atomic E-state index is 12.7. The van der Waals surface area contributed by atoms with Crippen molar-refractivity contribution in [3.63, 3.8) is 0 Å². The third-order valence-corrected chi connectivity index (χ3v) is 6.32. The zero-order valence-electron chi connectivity index (χ0n) is 15.3. The number of aliphatic hydroxyl groups is 1. The molecule has 2 aromatic carbocycles. The number of rotatable bonds is 4. The lowest BCUT2D eigenvalue weighted by Gasteiger charge is -2.26. The van der Waals surface area contributed by atoms with E-state index in [-0.39, 0.29) is 12.0 Å². The molecule has 4 rings (SSSR count). The first-order valence-corrected chi connectivity index (χ1v) is 9.68. The molecule has 2 aliphatic carbocycles. The van der Waals surface area contributed by atoms with Crippen LogP contribution in [0.15, 0.2) is 54.6 Å². The Labute approximate surface area is 155 Å². The smallest absolute Gasteiger partial charge is 0.226 e. The van der Waals surface area contributed by atoms with Gasteiger partial charge in [0.1, 0.15) is 0 Å². The van der Waals surface area contributed by atoms with Gasteiger partial charge in [0, 0.05) is 13.1 Å². The van der Waals surface area contributed by atoms with Crippen LogP contribution in [0.3, 0.4) is 0 Å². The molecule has 2 aromatic rings. The largest absolute Gasteiger partial charge is 0.393 e. The van der Waals surface area contributed by atoms with Crippen LogP contribution in [0, 0.1) is 11.8 Å². The van der Waals surface area contributed by atoms with Crippen molar-refractivity contribution in [1.82, 2.24) is 4.90 Å². The van der Waals surface area contributed by atoms with Crippen molar-refractivity contribution in [3.05, 3.63) is 60.2 Å². The minimum absolute atomic E-state index is 0.116. The first-order valence-electron chi connectivity index (χ1n) is 9.68. The van der Waals surface area contributed by atoms with Gasteiger partial charge in [-0.1, -0.05) is 54.6 Å². The monoisotopic (exact) mass is 349 g/mol. The summed E-state index contributed by atoms with van der Waals surface area (Å²) in [5.41, 5.74) is 3.44. The molecule has 2 saturated carbocycles. The van der Waals surface area contributed by atoms with Gasteiger partial charge in [0.2, 0.25) is 5.91 Å². The van der Waals surface area contributed by atoms with E-state index in [0.29, 0.717) is 24.3 Å². The maximum atomic E-state index is 12.7. The normalized spacial score (nSPS) is 27.3. The number of hydrogen-bond acceptors (Lipinski definition) is 2. The predicted octanol–water partition coefficient (Wildman–Crippen LogP) is 3.90. The van der Waals surface area contributed by atoms with Crippen molar-refractivity contribution in [2.75, 3.05) is 7.05 Å². The van der Waals surface area contributed by atoms with E-state index in [1.54, 1.807) is 0 Å². The molecule has 2 unspecified atom stereocenters. The van der Waals surface area contributed by atoms with Gasteiger partial charge in [0.15, 0.2) is 0 Å². The first kappa shape index (κ1) is 17.3. The fraction of sp³-hybridized carbons (Fsp3) is 0.435. The Morgan fingerprint density at radius 1 is 0.923 bits per heavy atom.